The molecule has 0 aliphatic carbocycles. The van der Waals surface area contributed by atoms with Gasteiger partial charge in [-0.3, -0.25) is 28.5 Å². The molecule has 0 unspecified atom stereocenters. The van der Waals surface area contributed by atoms with Crippen molar-refractivity contribution in [3.63, 3.8) is 0 Å². The fourth-order valence-corrected chi connectivity index (χ4v) is 9.82. The molecule has 4 aromatic rings. The van der Waals surface area contributed by atoms with Gasteiger partial charge >= 0.3 is 0 Å². The monoisotopic (exact) mass is 836 g/mol. The molecular formula is C40H54Br2N8O2. The second-order valence-electron chi connectivity index (χ2n) is 15.4. The number of aromatic nitrogens is 4. The van der Waals surface area contributed by atoms with Crippen LogP contribution < -0.4 is 11.1 Å². The lowest BCUT2D eigenvalue weighted by molar-refractivity contribution is 0.105. The molecule has 0 amide bonds. The van der Waals surface area contributed by atoms with Crippen LogP contribution in [-0.2, 0) is 13.1 Å². The smallest absolute Gasteiger partial charge is 0.261 e. The molecule has 12 heteroatoms. The van der Waals surface area contributed by atoms with Crippen molar-refractivity contribution in [3.05, 3.63) is 77.7 Å². The molecule has 2 aromatic carbocycles. The van der Waals surface area contributed by atoms with Gasteiger partial charge in [0.15, 0.2) is 0 Å². The number of hydrogen-bond acceptors (Lipinski definition) is 8. The molecule has 4 aliphatic rings. The Kier molecular flexibility index (Phi) is 12.0. The molecule has 0 saturated carbocycles. The highest BCUT2D eigenvalue weighted by atomic mass is 79.9. The summed E-state index contributed by atoms with van der Waals surface area (Å²) in [4.78, 5) is 46.3. The Morgan fingerprint density at radius 3 is 1.42 bits per heavy atom. The van der Waals surface area contributed by atoms with Gasteiger partial charge in [-0.25, -0.2) is 9.97 Å². The van der Waals surface area contributed by atoms with Crippen LogP contribution in [0.25, 0.3) is 21.8 Å². The fraction of sp³-hybridized carbons (Fsp3) is 0.600. The van der Waals surface area contributed by atoms with Gasteiger partial charge in [-0.1, -0.05) is 58.5 Å². The van der Waals surface area contributed by atoms with Gasteiger partial charge in [0.2, 0.25) is 0 Å². The molecule has 6 heterocycles. The number of fused-ring (bicyclic) bond motifs is 4. The summed E-state index contributed by atoms with van der Waals surface area (Å²) in [7, 11) is 4.40. The molecule has 4 aliphatic heterocycles. The van der Waals surface area contributed by atoms with E-state index in [-0.39, 0.29) is 23.2 Å². The molecule has 0 spiro atoms. The minimum Gasteiger partial charge on any atom is -0.305 e. The predicted molar refractivity (Wildman–Crippen MR) is 217 cm³/mol. The van der Waals surface area contributed by atoms with E-state index in [1.54, 1.807) is 0 Å². The molecule has 0 N–H and O–H groups in total. The lowest BCUT2D eigenvalue weighted by atomic mass is 9.88. The SMILES string of the molecule is CC[C@@H]1CCn2c(nc3ccc(Br)cc3c2=O)[C@H]1N1CCCN(C)CC1.CC[C@H]1CCn2c(nc3ccc(Br)cc3c2=O)[C@@H]1N1CCCN(C)CC1. The molecule has 8 rings (SSSR count). The van der Waals surface area contributed by atoms with Gasteiger partial charge in [0.05, 0.1) is 33.9 Å². The molecule has 0 bridgehead atoms. The van der Waals surface area contributed by atoms with Crippen LogP contribution in [0.3, 0.4) is 0 Å². The Bertz CT molecular complexity index is 1870. The second-order valence-corrected chi connectivity index (χ2v) is 17.2. The second kappa shape index (κ2) is 16.5. The van der Waals surface area contributed by atoms with E-state index in [9.17, 15) is 9.59 Å². The van der Waals surface area contributed by atoms with Gasteiger partial charge in [-0.05, 0) is 101 Å². The first kappa shape index (κ1) is 37.8. The third kappa shape index (κ3) is 7.71. The van der Waals surface area contributed by atoms with Gasteiger partial charge in [-0.2, -0.15) is 0 Å². The summed E-state index contributed by atoms with van der Waals surface area (Å²) in [6.07, 6.45) is 6.72. The van der Waals surface area contributed by atoms with Crippen LogP contribution >= 0.6 is 31.9 Å². The van der Waals surface area contributed by atoms with E-state index in [1.807, 2.05) is 45.5 Å². The van der Waals surface area contributed by atoms with Crippen molar-refractivity contribution < 1.29 is 0 Å². The van der Waals surface area contributed by atoms with E-state index in [0.29, 0.717) is 22.6 Å². The van der Waals surface area contributed by atoms with Gasteiger partial charge in [0.25, 0.3) is 11.1 Å². The topological polar surface area (TPSA) is 82.7 Å². The summed E-state index contributed by atoms with van der Waals surface area (Å²) in [6, 6.07) is 12.2. The Balaban J connectivity index is 0.000000162. The van der Waals surface area contributed by atoms with Crippen molar-refractivity contribution in [3.8, 4) is 0 Å². The third-order valence-electron chi connectivity index (χ3n) is 12.1. The van der Waals surface area contributed by atoms with E-state index >= 15 is 0 Å². The summed E-state index contributed by atoms with van der Waals surface area (Å²) < 4.78 is 5.75. The Hall–Kier alpha value is -2.48. The Morgan fingerprint density at radius 2 is 1.02 bits per heavy atom. The average Bonchev–Trinajstić information content (AvgIpc) is 3.50. The van der Waals surface area contributed by atoms with Gasteiger partial charge < -0.3 is 9.80 Å². The molecule has 2 aromatic heterocycles. The summed E-state index contributed by atoms with van der Waals surface area (Å²) in [5.74, 6) is 3.09. The van der Waals surface area contributed by atoms with Gasteiger partial charge in [0.1, 0.15) is 11.6 Å². The molecule has 4 atom stereocenters. The van der Waals surface area contributed by atoms with Crippen LogP contribution in [0.1, 0.15) is 76.1 Å². The summed E-state index contributed by atoms with van der Waals surface area (Å²) in [6.45, 7) is 14.8. The summed E-state index contributed by atoms with van der Waals surface area (Å²) in [5.41, 5.74) is 1.85. The molecule has 0 radical (unpaired) electrons. The maximum Gasteiger partial charge on any atom is 0.261 e. The third-order valence-corrected chi connectivity index (χ3v) is 13.1. The van der Waals surface area contributed by atoms with Crippen molar-refractivity contribution >= 4 is 53.7 Å². The highest BCUT2D eigenvalue weighted by Crippen LogP contribution is 2.38. The van der Waals surface area contributed by atoms with E-state index in [4.69, 9.17) is 9.97 Å². The molecule has 52 heavy (non-hydrogen) atoms. The number of rotatable bonds is 4. The first-order chi connectivity index (χ1) is 25.2. The van der Waals surface area contributed by atoms with Crippen LogP contribution in [0.2, 0.25) is 0 Å². The first-order valence-corrected chi connectivity index (χ1v) is 21.0. The number of nitrogens with zero attached hydrogens (tertiary/aromatic N) is 8. The number of benzene rings is 2. The molecule has 280 valence electrons. The Morgan fingerprint density at radius 1 is 0.596 bits per heavy atom. The largest absolute Gasteiger partial charge is 0.305 e. The maximum absolute atomic E-state index is 13.1. The predicted octanol–water partition coefficient (Wildman–Crippen LogP) is 6.54. The van der Waals surface area contributed by atoms with Crippen LogP contribution in [0.5, 0.6) is 0 Å². The highest BCUT2D eigenvalue weighted by molar-refractivity contribution is 9.10. The summed E-state index contributed by atoms with van der Waals surface area (Å²) in [5, 5.41) is 1.43. The van der Waals surface area contributed by atoms with Crippen molar-refractivity contribution in [2.24, 2.45) is 11.8 Å². The van der Waals surface area contributed by atoms with Crippen molar-refractivity contribution in [2.75, 3.05) is 66.5 Å². The first-order valence-electron chi connectivity index (χ1n) is 19.4. The molecule has 10 nitrogen and oxygen atoms in total. The normalized spacial score (nSPS) is 25.2. The number of halogens is 2. The van der Waals surface area contributed by atoms with Crippen LogP contribution in [0.4, 0.5) is 0 Å². The van der Waals surface area contributed by atoms with Crippen LogP contribution in [0, 0.1) is 11.8 Å². The maximum atomic E-state index is 13.1. The molecule has 2 saturated heterocycles. The summed E-state index contributed by atoms with van der Waals surface area (Å²) >= 11 is 6.97. The average molecular weight is 839 g/mol. The van der Waals surface area contributed by atoms with E-state index in [0.717, 1.165) is 123 Å². The highest BCUT2D eigenvalue weighted by Gasteiger charge is 2.37. The lowest BCUT2D eigenvalue weighted by Gasteiger charge is -2.40. The van der Waals surface area contributed by atoms with Crippen LogP contribution in [0.15, 0.2) is 54.9 Å². The number of hydrogen-bond donors (Lipinski definition) is 0. The standard InChI is InChI=1S/2C20H27BrN4O/c2*1-3-14-7-10-25-19(18(14)24-9-4-8-23(2)11-12-24)22-17-6-5-15(21)13-16(17)20(25)26/h2*5-6,13-14,18H,3-4,7-12H2,1-2H3/t2*14-,18+/m10/s1. The Labute approximate surface area is 324 Å². The minimum atomic E-state index is 0.109. The zero-order valence-electron chi connectivity index (χ0n) is 31.2. The van der Waals surface area contributed by atoms with Crippen molar-refractivity contribution in [1.29, 1.82) is 0 Å². The zero-order valence-corrected chi connectivity index (χ0v) is 34.4. The quantitative estimate of drug-likeness (QED) is 0.230. The van der Waals surface area contributed by atoms with Gasteiger partial charge in [0, 0.05) is 61.3 Å². The van der Waals surface area contributed by atoms with E-state index in [2.05, 4.69) is 79.4 Å². The molecule has 2 fully saturated rings. The van der Waals surface area contributed by atoms with E-state index in [1.165, 1.54) is 12.8 Å². The minimum absolute atomic E-state index is 0.109. The van der Waals surface area contributed by atoms with Gasteiger partial charge in [-0.15, -0.1) is 0 Å². The zero-order chi connectivity index (χ0) is 36.5. The lowest BCUT2D eigenvalue weighted by Crippen LogP contribution is -2.44. The fourth-order valence-electron chi connectivity index (χ4n) is 9.10. The van der Waals surface area contributed by atoms with Crippen molar-refractivity contribution in [1.82, 2.24) is 38.7 Å². The number of likely N-dealkylation sites (N-methyl/N-ethyl adjacent to an activating group) is 2. The van der Waals surface area contributed by atoms with Crippen molar-refractivity contribution in [2.45, 2.75) is 77.5 Å². The molecular weight excluding hydrogens is 784 g/mol. The van der Waals surface area contributed by atoms with E-state index < -0.39 is 0 Å². The van der Waals surface area contributed by atoms with Crippen LogP contribution in [-0.4, -0.2) is 105 Å².